The Kier molecular flexibility index (Phi) is 7.13. The van der Waals surface area contributed by atoms with Gasteiger partial charge in [-0.2, -0.15) is 18.3 Å². The van der Waals surface area contributed by atoms with Gasteiger partial charge >= 0.3 is 6.18 Å². The second-order valence-electron chi connectivity index (χ2n) is 9.42. The maximum atomic E-state index is 13.7. The topological polar surface area (TPSA) is 102 Å². The van der Waals surface area contributed by atoms with Crippen molar-refractivity contribution < 1.29 is 31.9 Å². The highest BCUT2D eigenvalue weighted by Crippen LogP contribution is 2.32. The number of carbonyl (C=O) groups is 2. The first kappa shape index (κ1) is 27.0. The normalized spacial score (nSPS) is 17.6. The highest BCUT2D eigenvalue weighted by atomic mass is 19.4. The number of fused-ring (bicyclic) bond motifs is 1. The fourth-order valence-electron chi connectivity index (χ4n) is 4.92. The van der Waals surface area contributed by atoms with Crippen molar-refractivity contribution in [3.8, 4) is 5.75 Å². The quantitative estimate of drug-likeness (QED) is 0.374. The van der Waals surface area contributed by atoms with Crippen molar-refractivity contribution in [3.63, 3.8) is 0 Å². The van der Waals surface area contributed by atoms with E-state index in [1.807, 2.05) is 0 Å². The molecule has 2 aromatic heterocycles. The number of alkyl halides is 3. The number of carbonyl (C=O) groups excluding carboxylic acids is 2. The maximum absolute atomic E-state index is 13.7. The molecule has 0 radical (unpaired) electrons. The Labute approximate surface area is 225 Å². The monoisotopic (exact) mass is 556 g/mol. The van der Waals surface area contributed by atoms with Crippen LogP contribution in [0.3, 0.4) is 0 Å². The zero-order valence-electron chi connectivity index (χ0n) is 21.4. The third kappa shape index (κ3) is 5.31. The number of hydrogen-bond donors (Lipinski definition) is 1. The Morgan fingerprint density at radius 2 is 1.80 bits per heavy atom. The average Bonchev–Trinajstić information content (AvgIpc) is 3.35. The summed E-state index contributed by atoms with van der Waals surface area (Å²) >= 11 is 0. The summed E-state index contributed by atoms with van der Waals surface area (Å²) in [7, 11) is 2.72. The number of aryl methyl sites for hydroxylation is 1. The number of benzene rings is 2. The molecule has 13 heteroatoms. The lowest BCUT2D eigenvalue weighted by Crippen LogP contribution is -2.51. The van der Waals surface area contributed by atoms with E-state index in [9.17, 15) is 27.2 Å². The van der Waals surface area contributed by atoms with Gasteiger partial charge in [0.25, 0.3) is 11.8 Å². The van der Waals surface area contributed by atoms with Crippen LogP contribution in [-0.4, -0.2) is 62.7 Å². The number of amides is 2. The molecule has 0 bridgehead atoms. The lowest BCUT2D eigenvalue weighted by Gasteiger charge is -2.39. The first-order chi connectivity index (χ1) is 19.0. The zero-order chi connectivity index (χ0) is 28.6. The number of methoxy groups -OCH3 is 1. The van der Waals surface area contributed by atoms with Crippen molar-refractivity contribution in [2.45, 2.75) is 24.6 Å². The fourth-order valence-corrected chi connectivity index (χ4v) is 4.92. The van der Waals surface area contributed by atoms with Crippen molar-refractivity contribution in [1.82, 2.24) is 30.0 Å². The van der Waals surface area contributed by atoms with Crippen LogP contribution in [0, 0.1) is 5.82 Å². The number of nitrogens with zero attached hydrogens (tertiary/aromatic N) is 5. The van der Waals surface area contributed by atoms with Crippen molar-refractivity contribution in [2.24, 2.45) is 7.05 Å². The van der Waals surface area contributed by atoms with E-state index in [4.69, 9.17) is 4.74 Å². The van der Waals surface area contributed by atoms with Gasteiger partial charge in [0.1, 0.15) is 22.8 Å². The van der Waals surface area contributed by atoms with Crippen LogP contribution in [0.25, 0.3) is 11.0 Å². The molecule has 1 aliphatic heterocycles. The standard InChI is InChI=1S/C27H24F4N6O3/c1-36-21(13-23(35-36)27(29,30)31)25(38)34-19-7-10-37(14-18(19)15-3-5-17(28)6-4-15)26(39)16-11-20-24(22(12-16)40-2)33-9-8-32-20/h3-6,8-9,11-13,18-19H,7,10,14H2,1-2H3,(H,34,38)/t18-,19-/m1/s1. The predicted octanol–water partition coefficient (Wildman–Crippen LogP) is 3.96. The van der Waals surface area contributed by atoms with E-state index in [-0.39, 0.29) is 24.7 Å². The molecule has 4 aromatic rings. The summed E-state index contributed by atoms with van der Waals surface area (Å²) in [6.45, 7) is 0.414. The largest absolute Gasteiger partial charge is 0.494 e. The van der Waals surface area contributed by atoms with Crippen LogP contribution < -0.4 is 10.1 Å². The Bertz CT molecular complexity index is 1570. The molecule has 0 saturated carbocycles. The molecule has 2 aromatic carbocycles. The zero-order valence-corrected chi connectivity index (χ0v) is 21.4. The summed E-state index contributed by atoms with van der Waals surface area (Å²) in [5.74, 6) is -1.57. The number of hydrogen-bond acceptors (Lipinski definition) is 6. The predicted molar refractivity (Wildman–Crippen MR) is 135 cm³/mol. The Hall–Kier alpha value is -4.55. The molecular weight excluding hydrogens is 532 g/mol. The number of nitrogens with one attached hydrogen (secondary N) is 1. The molecule has 0 unspecified atom stereocenters. The summed E-state index contributed by atoms with van der Waals surface area (Å²) in [4.78, 5) is 36.8. The summed E-state index contributed by atoms with van der Waals surface area (Å²) in [5, 5.41) is 6.21. The van der Waals surface area contributed by atoms with Gasteiger partial charge in [0, 0.05) is 56.1 Å². The lowest BCUT2D eigenvalue weighted by atomic mass is 9.85. The summed E-state index contributed by atoms with van der Waals surface area (Å²) in [6, 6.07) is 9.02. The van der Waals surface area contributed by atoms with Crippen LogP contribution in [0.5, 0.6) is 5.75 Å². The average molecular weight is 557 g/mol. The van der Waals surface area contributed by atoms with Gasteiger partial charge in [-0.1, -0.05) is 12.1 Å². The van der Waals surface area contributed by atoms with Gasteiger partial charge in [-0.3, -0.25) is 19.3 Å². The third-order valence-electron chi connectivity index (χ3n) is 6.92. The van der Waals surface area contributed by atoms with Gasteiger partial charge in [-0.15, -0.1) is 0 Å². The molecule has 40 heavy (non-hydrogen) atoms. The van der Waals surface area contributed by atoms with E-state index in [2.05, 4.69) is 20.4 Å². The van der Waals surface area contributed by atoms with Crippen LogP contribution in [0.2, 0.25) is 0 Å². The van der Waals surface area contributed by atoms with Crippen LogP contribution in [0.4, 0.5) is 17.6 Å². The minimum atomic E-state index is -4.70. The first-order valence-corrected chi connectivity index (χ1v) is 12.3. The van der Waals surface area contributed by atoms with E-state index >= 15 is 0 Å². The molecule has 2 atom stereocenters. The van der Waals surface area contributed by atoms with E-state index < -0.39 is 35.6 Å². The molecule has 0 spiro atoms. The van der Waals surface area contributed by atoms with Crippen LogP contribution in [-0.2, 0) is 13.2 Å². The first-order valence-electron chi connectivity index (χ1n) is 12.3. The van der Waals surface area contributed by atoms with E-state index in [0.29, 0.717) is 40.4 Å². The van der Waals surface area contributed by atoms with Gasteiger partial charge in [-0.05, 0) is 36.2 Å². The molecule has 2 amide bonds. The SMILES string of the molecule is COc1cc(C(=O)N2CC[C@@H](NC(=O)c3cc(C(F)(F)F)nn3C)[C@@H](c3ccc(F)cc3)C2)cc2nccnc12. The summed E-state index contributed by atoms with van der Waals surface area (Å²) in [6.07, 6.45) is -1.37. The smallest absolute Gasteiger partial charge is 0.435 e. The third-order valence-corrected chi connectivity index (χ3v) is 6.92. The molecule has 1 aliphatic rings. The molecule has 3 heterocycles. The van der Waals surface area contributed by atoms with Crippen molar-refractivity contribution in [2.75, 3.05) is 20.2 Å². The van der Waals surface area contributed by atoms with Gasteiger partial charge in [0.05, 0.1) is 12.6 Å². The molecule has 1 saturated heterocycles. The molecule has 0 aliphatic carbocycles. The Morgan fingerprint density at radius 3 is 2.48 bits per heavy atom. The minimum absolute atomic E-state index is 0.162. The maximum Gasteiger partial charge on any atom is 0.435 e. The number of piperidine rings is 1. The van der Waals surface area contributed by atoms with Crippen molar-refractivity contribution >= 4 is 22.8 Å². The Morgan fingerprint density at radius 1 is 1.07 bits per heavy atom. The number of rotatable bonds is 5. The highest BCUT2D eigenvalue weighted by Gasteiger charge is 2.37. The van der Waals surface area contributed by atoms with Crippen molar-refractivity contribution in [3.05, 3.63) is 83.2 Å². The van der Waals surface area contributed by atoms with Gasteiger partial charge < -0.3 is 15.0 Å². The second-order valence-corrected chi connectivity index (χ2v) is 9.42. The van der Waals surface area contributed by atoms with Crippen LogP contribution >= 0.6 is 0 Å². The second kappa shape index (κ2) is 10.5. The number of likely N-dealkylation sites (tertiary alicyclic amines) is 1. The molecular formula is C27H24F4N6O3. The minimum Gasteiger partial charge on any atom is -0.494 e. The number of aromatic nitrogens is 4. The highest BCUT2D eigenvalue weighted by molar-refractivity contribution is 5.99. The van der Waals surface area contributed by atoms with Gasteiger partial charge in [0.2, 0.25) is 0 Å². The molecule has 1 fully saturated rings. The molecule has 9 nitrogen and oxygen atoms in total. The molecule has 1 N–H and O–H groups in total. The Balaban J connectivity index is 1.42. The van der Waals surface area contributed by atoms with Crippen LogP contribution in [0.1, 0.15) is 44.4 Å². The van der Waals surface area contributed by atoms with Gasteiger partial charge in [0.15, 0.2) is 5.69 Å². The summed E-state index contributed by atoms with van der Waals surface area (Å²) < 4.78 is 59.3. The molecule has 5 rings (SSSR count). The van der Waals surface area contributed by atoms with Crippen LogP contribution in [0.15, 0.2) is 54.9 Å². The van der Waals surface area contributed by atoms with Gasteiger partial charge in [-0.25, -0.2) is 9.37 Å². The number of halogens is 4. The van der Waals surface area contributed by atoms with E-state index in [1.165, 1.54) is 38.7 Å². The van der Waals surface area contributed by atoms with E-state index in [1.54, 1.807) is 29.2 Å². The van der Waals surface area contributed by atoms with E-state index in [0.717, 1.165) is 4.68 Å². The molecule has 208 valence electrons. The fraction of sp³-hybridized carbons (Fsp3) is 0.296. The van der Waals surface area contributed by atoms with Crippen molar-refractivity contribution in [1.29, 1.82) is 0 Å². The number of ether oxygens (including phenoxy) is 1. The summed E-state index contributed by atoms with van der Waals surface area (Å²) in [5.41, 5.74) is 0.555. The lowest BCUT2D eigenvalue weighted by molar-refractivity contribution is -0.141.